The summed E-state index contributed by atoms with van der Waals surface area (Å²) in [7, 11) is 3.20. The Morgan fingerprint density at radius 2 is 1.07 bits per heavy atom. The van der Waals surface area contributed by atoms with Crippen molar-refractivity contribution in [3.8, 4) is 11.5 Å². The van der Waals surface area contributed by atoms with Gasteiger partial charge in [-0.25, -0.2) is 0 Å². The lowest BCUT2D eigenvalue weighted by Gasteiger charge is -2.10. The molecular formula is C24H24N2O4. The maximum atomic E-state index is 12.3. The molecule has 0 aliphatic carbocycles. The zero-order chi connectivity index (χ0) is 21.3. The number of anilines is 2. The minimum absolute atomic E-state index is 0.137. The third-order valence-corrected chi connectivity index (χ3v) is 4.48. The van der Waals surface area contributed by atoms with Crippen LogP contribution in [-0.2, 0) is 22.4 Å². The van der Waals surface area contributed by atoms with Gasteiger partial charge in [-0.15, -0.1) is 0 Å². The van der Waals surface area contributed by atoms with E-state index in [1.54, 1.807) is 38.5 Å². The standard InChI is InChI=1S/C24H24N2O4/c1-29-21-10-6-17(7-11-21)14-23(27)25-19-4-3-5-20(16-19)26-24(28)15-18-8-12-22(30-2)13-9-18/h3-13,16H,14-15H2,1-2H3,(H,25,27)(H,26,28). The van der Waals surface area contributed by atoms with Crippen LogP contribution in [0.5, 0.6) is 11.5 Å². The summed E-state index contributed by atoms with van der Waals surface area (Å²) in [5.74, 6) is 1.22. The zero-order valence-corrected chi connectivity index (χ0v) is 17.0. The normalized spacial score (nSPS) is 10.2. The highest BCUT2D eigenvalue weighted by molar-refractivity contribution is 5.95. The van der Waals surface area contributed by atoms with Crippen molar-refractivity contribution in [2.75, 3.05) is 24.9 Å². The van der Waals surface area contributed by atoms with Gasteiger partial charge >= 0.3 is 0 Å². The first kappa shape index (κ1) is 20.9. The molecule has 0 heterocycles. The lowest BCUT2D eigenvalue weighted by atomic mass is 10.1. The van der Waals surface area contributed by atoms with Gasteiger partial charge in [-0.2, -0.15) is 0 Å². The molecule has 0 aromatic heterocycles. The van der Waals surface area contributed by atoms with Crippen LogP contribution in [0.15, 0.2) is 72.8 Å². The second-order valence-electron chi connectivity index (χ2n) is 6.73. The van der Waals surface area contributed by atoms with Crippen molar-refractivity contribution in [1.29, 1.82) is 0 Å². The third kappa shape index (κ3) is 6.10. The van der Waals surface area contributed by atoms with Gasteiger partial charge in [0.25, 0.3) is 0 Å². The fraction of sp³-hybridized carbons (Fsp3) is 0.167. The molecule has 0 unspecified atom stereocenters. The fourth-order valence-corrected chi connectivity index (χ4v) is 2.94. The van der Waals surface area contributed by atoms with Crippen molar-refractivity contribution < 1.29 is 19.1 Å². The van der Waals surface area contributed by atoms with Crippen LogP contribution in [-0.4, -0.2) is 26.0 Å². The van der Waals surface area contributed by atoms with E-state index in [9.17, 15) is 9.59 Å². The molecule has 6 heteroatoms. The number of ether oxygens (including phenoxy) is 2. The van der Waals surface area contributed by atoms with E-state index in [1.807, 2.05) is 48.5 Å². The smallest absolute Gasteiger partial charge is 0.228 e. The maximum absolute atomic E-state index is 12.3. The van der Waals surface area contributed by atoms with Crippen LogP contribution in [0.3, 0.4) is 0 Å². The van der Waals surface area contributed by atoms with Gasteiger partial charge in [0, 0.05) is 11.4 Å². The Hall–Kier alpha value is -3.80. The minimum Gasteiger partial charge on any atom is -0.497 e. The summed E-state index contributed by atoms with van der Waals surface area (Å²) < 4.78 is 10.2. The summed E-state index contributed by atoms with van der Waals surface area (Å²) in [5.41, 5.74) is 3.01. The Bertz CT molecular complexity index is 920. The SMILES string of the molecule is COc1ccc(CC(=O)Nc2cccc(NC(=O)Cc3ccc(OC)cc3)c2)cc1. The number of carbonyl (C=O) groups is 2. The highest BCUT2D eigenvalue weighted by Gasteiger charge is 2.08. The third-order valence-electron chi connectivity index (χ3n) is 4.48. The number of hydrogen-bond acceptors (Lipinski definition) is 4. The highest BCUT2D eigenvalue weighted by atomic mass is 16.5. The average Bonchev–Trinajstić information content (AvgIpc) is 2.75. The van der Waals surface area contributed by atoms with Crippen molar-refractivity contribution >= 4 is 23.2 Å². The van der Waals surface area contributed by atoms with Gasteiger partial charge in [-0.05, 0) is 53.6 Å². The maximum Gasteiger partial charge on any atom is 0.228 e. The van der Waals surface area contributed by atoms with Crippen molar-refractivity contribution in [3.63, 3.8) is 0 Å². The molecule has 3 aromatic carbocycles. The van der Waals surface area contributed by atoms with E-state index in [1.165, 1.54) is 0 Å². The number of nitrogens with one attached hydrogen (secondary N) is 2. The Morgan fingerprint density at radius 1 is 0.667 bits per heavy atom. The second kappa shape index (κ2) is 10.1. The molecule has 6 nitrogen and oxygen atoms in total. The largest absolute Gasteiger partial charge is 0.497 e. The fourth-order valence-electron chi connectivity index (χ4n) is 2.94. The Labute approximate surface area is 175 Å². The molecule has 0 saturated heterocycles. The Balaban J connectivity index is 1.55. The summed E-state index contributed by atoms with van der Waals surface area (Å²) in [6.07, 6.45) is 0.496. The van der Waals surface area contributed by atoms with E-state index in [2.05, 4.69) is 10.6 Å². The monoisotopic (exact) mass is 404 g/mol. The van der Waals surface area contributed by atoms with E-state index in [0.29, 0.717) is 11.4 Å². The van der Waals surface area contributed by atoms with Crippen LogP contribution in [0.2, 0.25) is 0 Å². The first-order valence-electron chi connectivity index (χ1n) is 9.51. The van der Waals surface area contributed by atoms with Crippen molar-refractivity contribution in [2.24, 2.45) is 0 Å². The molecule has 3 aromatic rings. The molecular weight excluding hydrogens is 380 g/mol. The van der Waals surface area contributed by atoms with E-state index >= 15 is 0 Å². The Morgan fingerprint density at radius 3 is 1.43 bits per heavy atom. The number of benzene rings is 3. The molecule has 0 fully saturated rings. The molecule has 0 bridgehead atoms. The number of rotatable bonds is 8. The van der Waals surface area contributed by atoms with Crippen molar-refractivity contribution in [3.05, 3.63) is 83.9 Å². The van der Waals surface area contributed by atoms with E-state index in [-0.39, 0.29) is 24.7 Å². The molecule has 0 atom stereocenters. The van der Waals surface area contributed by atoms with Gasteiger partial charge < -0.3 is 20.1 Å². The molecule has 154 valence electrons. The van der Waals surface area contributed by atoms with Gasteiger partial charge in [0.15, 0.2) is 0 Å². The Kier molecular flexibility index (Phi) is 7.05. The van der Waals surface area contributed by atoms with Crippen LogP contribution in [0, 0.1) is 0 Å². The van der Waals surface area contributed by atoms with E-state index in [4.69, 9.17) is 9.47 Å². The molecule has 2 N–H and O–H groups in total. The highest BCUT2D eigenvalue weighted by Crippen LogP contribution is 2.17. The number of amides is 2. The summed E-state index contributed by atoms with van der Waals surface area (Å²) in [6.45, 7) is 0. The quantitative estimate of drug-likeness (QED) is 0.593. The first-order chi connectivity index (χ1) is 14.6. The van der Waals surface area contributed by atoms with Crippen molar-refractivity contribution in [2.45, 2.75) is 12.8 Å². The van der Waals surface area contributed by atoms with E-state index < -0.39 is 0 Å². The van der Waals surface area contributed by atoms with Gasteiger partial charge in [-0.3, -0.25) is 9.59 Å². The minimum atomic E-state index is -0.137. The number of methoxy groups -OCH3 is 2. The first-order valence-corrected chi connectivity index (χ1v) is 9.51. The number of hydrogen-bond donors (Lipinski definition) is 2. The molecule has 30 heavy (non-hydrogen) atoms. The summed E-state index contributed by atoms with van der Waals surface area (Å²) in [4.78, 5) is 24.6. The zero-order valence-electron chi connectivity index (χ0n) is 17.0. The molecule has 0 saturated carbocycles. The molecule has 0 spiro atoms. The topological polar surface area (TPSA) is 76.7 Å². The lowest BCUT2D eigenvalue weighted by Crippen LogP contribution is -2.16. The van der Waals surface area contributed by atoms with Gasteiger partial charge in [0.2, 0.25) is 11.8 Å². The molecule has 0 aliphatic heterocycles. The summed E-state index contributed by atoms with van der Waals surface area (Å²) >= 11 is 0. The van der Waals surface area contributed by atoms with Crippen LogP contribution in [0.25, 0.3) is 0 Å². The average molecular weight is 404 g/mol. The van der Waals surface area contributed by atoms with Crippen LogP contribution in [0.1, 0.15) is 11.1 Å². The van der Waals surface area contributed by atoms with Crippen molar-refractivity contribution in [1.82, 2.24) is 0 Å². The molecule has 3 rings (SSSR count). The van der Waals surface area contributed by atoms with Crippen LogP contribution in [0.4, 0.5) is 11.4 Å². The second-order valence-corrected chi connectivity index (χ2v) is 6.73. The van der Waals surface area contributed by atoms with E-state index in [0.717, 1.165) is 22.6 Å². The van der Waals surface area contributed by atoms with Crippen LogP contribution >= 0.6 is 0 Å². The van der Waals surface area contributed by atoms with Gasteiger partial charge in [-0.1, -0.05) is 30.3 Å². The number of carbonyl (C=O) groups excluding carboxylic acids is 2. The van der Waals surface area contributed by atoms with Crippen LogP contribution < -0.4 is 20.1 Å². The van der Waals surface area contributed by atoms with Gasteiger partial charge in [0.1, 0.15) is 11.5 Å². The summed E-state index contributed by atoms with van der Waals surface area (Å²) in [6, 6.07) is 21.8. The predicted molar refractivity (Wildman–Crippen MR) is 117 cm³/mol. The molecule has 0 radical (unpaired) electrons. The predicted octanol–water partition coefficient (Wildman–Crippen LogP) is 4.07. The van der Waals surface area contributed by atoms with Gasteiger partial charge in [0.05, 0.1) is 27.1 Å². The lowest BCUT2D eigenvalue weighted by molar-refractivity contribution is -0.116. The molecule has 2 amide bonds. The molecule has 0 aliphatic rings. The summed E-state index contributed by atoms with van der Waals surface area (Å²) in [5, 5.41) is 5.72.